The van der Waals surface area contributed by atoms with Gasteiger partial charge in [0.2, 0.25) is 11.1 Å². The lowest BCUT2D eigenvalue weighted by Crippen LogP contribution is -2.44. The molecule has 2 saturated carbocycles. The van der Waals surface area contributed by atoms with Gasteiger partial charge in [0, 0.05) is 12.1 Å². The van der Waals surface area contributed by atoms with E-state index in [1.54, 1.807) is 18.2 Å². The molecule has 2 fully saturated rings. The number of nitrogens with two attached hydrogens (primary N) is 1. The van der Waals surface area contributed by atoms with Gasteiger partial charge in [-0.25, -0.2) is 9.07 Å². The Balaban J connectivity index is 1.42. The molecule has 4 rings (SSSR count). The van der Waals surface area contributed by atoms with Crippen LogP contribution in [0, 0.1) is 11.7 Å². The summed E-state index contributed by atoms with van der Waals surface area (Å²) in [5.74, 6) is 7.10. The van der Waals surface area contributed by atoms with E-state index >= 15 is 0 Å². The summed E-state index contributed by atoms with van der Waals surface area (Å²) in [5.41, 5.74) is 0.298. The molecule has 0 bridgehead atoms. The number of carbonyl (C=O) groups is 1. The van der Waals surface area contributed by atoms with Crippen molar-refractivity contribution in [2.75, 3.05) is 11.6 Å². The zero-order chi connectivity index (χ0) is 19.7. The average molecular weight is 404 g/mol. The number of carbonyl (C=O) groups excluding carboxylic acids is 1. The van der Waals surface area contributed by atoms with Gasteiger partial charge in [0.1, 0.15) is 5.82 Å². The Labute approximate surface area is 168 Å². The molecule has 2 N–H and O–H groups in total. The first-order valence-electron chi connectivity index (χ1n) is 9.94. The molecule has 6 nitrogen and oxygen atoms in total. The molecule has 150 valence electrons. The first-order chi connectivity index (χ1) is 13.5. The summed E-state index contributed by atoms with van der Waals surface area (Å²) in [7, 11) is 0. The van der Waals surface area contributed by atoms with E-state index in [2.05, 4.69) is 22.0 Å². The van der Waals surface area contributed by atoms with E-state index < -0.39 is 5.82 Å². The Hall–Kier alpha value is -2.09. The molecule has 2 aromatic rings. The molecule has 1 aromatic carbocycles. The van der Waals surface area contributed by atoms with Crippen LogP contribution in [0.2, 0.25) is 0 Å². The number of hydrogen-bond acceptors (Lipinski definition) is 5. The van der Waals surface area contributed by atoms with Gasteiger partial charge in [-0.15, -0.1) is 10.2 Å². The molecule has 1 heterocycles. The summed E-state index contributed by atoms with van der Waals surface area (Å²) >= 11 is 1.27. The predicted molar refractivity (Wildman–Crippen MR) is 108 cm³/mol. The third-order valence-electron chi connectivity index (χ3n) is 5.71. The monoisotopic (exact) mass is 403 g/mol. The van der Waals surface area contributed by atoms with Crippen molar-refractivity contribution in [3.63, 3.8) is 0 Å². The maximum atomic E-state index is 14.0. The first kappa shape index (κ1) is 19.2. The topological polar surface area (TPSA) is 77.0 Å². The quantitative estimate of drug-likeness (QED) is 0.590. The van der Waals surface area contributed by atoms with E-state index in [0.29, 0.717) is 22.8 Å². The van der Waals surface area contributed by atoms with Crippen LogP contribution in [0.4, 0.5) is 4.39 Å². The van der Waals surface area contributed by atoms with Crippen LogP contribution in [0.5, 0.6) is 0 Å². The first-order valence-corrected chi connectivity index (χ1v) is 10.9. The highest BCUT2D eigenvalue weighted by molar-refractivity contribution is 7.99. The van der Waals surface area contributed by atoms with Gasteiger partial charge in [-0.3, -0.25) is 4.79 Å². The second kappa shape index (κ2) is 8.11. The molecule has 2 aliphatic carbocycles. The van der Waals surface area contributed by atoms with Gasteiger partial charge < -0.3 is 10.7 Å². The predicted octanol–water partition coefficient (Wildman–Crippen LogP) is 3.46. The number of nitrogens with zero attached hydrogens (tertiary/aromatic N) is 4. The number of thioether (sulfide) groups is 1. The molecule has 0 saturated heterocycles. The van der Waals surface area contributed by atoms with Gasteiger partial charge in [0.25, 0.3) is 0 Å². The molecule has 0 radical (unpaired) electrons. The van der Waals surface area contributed by atoms with Crippen LogP contribution in [0.15, 0.2) is 29.4 Å². The van der Waals surface area contributed by atoms with Gasteiger partial charge in [0.05, 0.1) is 11.3 Å². The molecule has 0 unspecified atom stereocenters. The van der Waals surface area contributed by atoms with Crippen molar-refractivity contribution < 1.29 is 9.18 Å². The Bertz CT molecular complexity index is 845. The fourth-order valence-corrected chi connectivity index (χ4v) is 4.71. The van der Waals surface area contributed by atoms with Crippen molar-refractivity contribution in [2.24, 2.45) is 5.92 Å². The highest BCUT2D eigenvalue weighted by Crippen LogP contribution is 2.36. The van der Waals surface area contributed by atoms with Crippen LogP contribution in [0.25, 0.3) is 11.4 Å². The summed E-state index contributed by atoms with van der Waals surface area (Å²) in [5, 5.41) is 8.49. The fraction of sp³-hybridized carbons (Fsp3) is 0.550. The van der Waals surface area contributed by atoms with Crippen LogP contribution in [-0.4, -0.2) is 43.5 Å². The van der Waals surface area contributed by atoms with Gasteiger partial charge in [-0.05, 0) is 56.6 Å². The number of aromatic nitrogens is 3. The molecule has 0 atom stereocenters. The maximum Gasteiger partial charge on any atom is 0.233 e. The van der Waals surface area contributed by atoms with Gasteiger partial charge in [0.15, 0.2) is 5.82 Å². The highest BCUT2D eigenvalue weighted by Gasteiger charge is 2.38. The second-order valence-corrected chi connectivity index (χ2v) is 8.83. The summed E-state index contributed by atoms with van der Waals surface area (Å²) in [4.78, 5) is 15.1. The molecule has 0 spiro atoms. The van der Waals surface area contributed by atoms with E-state index in [9.17, 15) is 9.18 Å². The normalized spacial score (nSPS) is 22.2. The summed E-state index contributed by atoms with van der Waals surface area (Å²) in [6.45, 7) is 2.29. The van der Waals surface area contributed by atoms with Crippen molar-refractivity contribution in [1.29, 1.82) is 0 Å². The van der Waals surface area contributed by atoms with Gasteiger partial charge in [-0.1, -0.05) is 30.8 Å². The lowest BCUT2D eigenvalue weighted by atomic mass is 9.86. The number of hydrogen-bond donors (Lipinski definition) is 1. The fourth-order valence-electron chi connectivity index (χ4n) is 3.98. The molecule has 28 heavy (non-hydrogen) atoms. The molecule has 1 aromatic heterocycles. The Morgan fingerprint density at radius 1 is 1.18 bits per heavy atom. The van der Waals surface area contributed by atoms with Crippen LogP contribution in [0.1, 0.15) is 45.4 Å². The molecule has 2 aliphatic rings. The number of rotatable bonds is 6. The second-order valence-electron chi connectivity index (χ2n) is 7.89. The summed E-state index contributed by atoms with van der Waals surface area (Å²) in [6.07, 6.45) is 6.78. The Kier molecular flexibility index (Phi) is 5.57. The Morgan fingerprint density at radius 3 is 2.46 bits per heavy atom. The summed E-state index contributed by atoms with van der Waals surface area (Å²) < 4.78 is 15.3. The van der Waals surface area contributed by atoms with E-state index in [1.165, 1.54) is 35.3 Å². The maximum absolute atomic E-state index is 14.0. The van der Waals surface area contributed by atoms with E-state index in [4.69, 9.17) is 5.84 Å². The van der Waals surface area contributed by atoms with Crippen LogP contribution in [-0.2, 0) is 4.79 Å². The number of benzene rings is 1. The minimum absolute atomic E-state index is 0.141. The Morgan fingerprint density at radius 2 is 1.82 bits per heavy atom. The van der Waals surface area contributed by atoms with Crippen molar-refractivity contribution >= 4 is 17.7 Å². The van der Waals surface area contributed by atoms with Crippen molar-refractivity contribution in [1.82, 2.24) is 19.8 Å². The zero-order valence-corrected chi connectivity index (χ0v) is 16.9. The zero-order valence-electron chi connectivity index (χ0n) is 16.1. The van der Waals surface area contributed by atoms with Crippen LogP contribution >= 0.6 is 11.8 Å². The third kappa shape index (κ3) is 4.01. The smallest absolute Gasteiger partial charge is 0.233 e. The van der Waals surface area contributed by atoms with Crippen molar-refractivity contribution in [2.45, 2.75) is 62.7 Å². The molecular weight excluding hydrogens is 377 g/mol. The standard InChI is InChI=1S/C20H26FN5OS/c1-13-6-8-14(9-7-13)25(15-10-11-15)18(27)12-28-20-24-23-19(26(20)22)16-4-2-3-5-17(16)21/h2-5,13-15H,6-12,22H2,1H3. The minimum Gasteiger partial charge on any atom is -0.336 e. The SMILES string of the molecule is CC1CCC(N(C(=O)CSc2nnc(-c3ccccc3F)n2N)C2CC2)CC1. The van der Waals surface area contributed by atoms with Crippen LogP contribution in [0.3, 0.4) is 0 Å². The molecule has 0 aliphatic heterocycles. The third-order valence-corrected chi connectivity index (χ3v) is 6.64. The van der Waals surface area contributed by atoms with Gasteiger partial charge in [-0.2, -0.15) is 0 Å². The lowest BCUT2D eigenvalue weighted by molar-refractivity contribution is -0.132. The van der Waals surface area contributed by atoms with Crippen molar-refractivity contribution in [3.8, 4) is 11.4 Å². The number of amides is 1. The highest BCUT2D eigenvalue weighted by atomic mass is 32.2. The molecule has 1 amide bonds. The largest absolute Gasteiger partial charge is 0.336 e. The minimum atomic E-state index is -0.402. The van der Waals surface area contributed by atoms with Crippen molar-refractivity contribution in [3.05, 3.63) is 30.1 Å². The average Bonchev–Trinajstić information content (AvgIpc) is 3.45. The van der Waals surface area contributed by atoms with E-state index in [0.717, 1.165) is 31.6 Å². The summed E-state index contributed by atoms with van der Waals surface area (Å²) in [6, 6.07) is 7.07. The van der Waals surface area contributed by atoms with Gasteiger partial charge >= 0.3 is 0 Å². The van der Waals surface area contributed by atoms with E-state index in [1.807, 2.05) is 0 Å². The molecule has 8 heteroatoms. The lowest BCUT2D eigenvalue weighted by Gasteiger charge is -2.36. The molecular formula is C20H26FN5OS. The number of nitrogen functional groups attached to an aromatic ring is 1. The van der Waals surface area contributed by atoms with Crippen LogP contribution < -0.4 is 5.84 Å². The van der Waals surface area contributed by atoms with E-state index in [-0.39, 0.29) is 17.5 Å². The number of halogens is 1.